The summed E-state index contributed by atoms with van der Waals surface area (Å²) in [5.74, 6) is 0.00944. The Bertz CT molecular complexity index is 546. The molecule has 4 nitrogen and oxygen atoms in total. The topological polar surface area (TPSA) is 57.6 Å². The normalized spacial score (nSPS) is 24.8. The third-order valence-electron chi connectivity index (χ3n) is 3.96. The van der Waals surface area contributed by atoms with Gasteiger partial charge in [-0.15, -0.1) is 0 Å². The molecule has 0 radical (unpaired) electrons. The fourth-order valence-corrected chi connectivity index (χ4v) is 5.11. The van der Waals surface area contributed by atoms with Gasteiger partial charge in [0.2, 0.25) is 10.0 Å². The van der Waals surface area contributed by atoms with Crippen LogP contribution in [0.3, 0.4) is 0 Å². The van der Waals surface area contributed by atoms with Gasteiger partial charge in [-0.3, -0.25) is 0 Å². The highest BCUT2D eigenvalue weighted by Gasteiger charge is 2.34. The molecule has 1 aliphatic rings. The van der Waals surface area contributed by atoms with Gasteiger partial charge in [0.25, 0.3) is 0 Å². The Balaban J connectivity index is 2.21. The molecule has 1 aromatic rings. The highest BCUT2D eigenvalue weighted by molar-refractivity contribution is 7.88. The Morgan fingerprint density at radius 3 is 2.40 bits per heavy atom. The third kappa shape index (κ3) is 3.40. The summed E-state index contributed by atoms with van der Waals surface area (Å²) < 4.78 is 26.9. The predicted molar refractivity (Wildman–Crippen MR) is 79.6 cm³/mol. The molecule has 2 rings (SSSR count). The van der Waals surface area contributed by atoms with E-state index in [2.05, 4.69) is 0 Å². The molecule has 5 heteroatoms. The van der Waals surface area contributed by atoms with Crippen LogP contribution in [-0.2, 0) is 22.4 Å². The minimum absolute atomic E-state index is 0.00944. The molecule has 0 spiro atoms. The van der Waals surface area contributed by atoms with E-state index in [1.165, 1.54) is 0 Å². The van der Waals surface area contributed by atoms with Crippen molar-refractivity contribution in [3.05, 3.63) is 35.4 Å². The Labute approximate surface area is 121 Å². The maximum absolute atomic E-state index is 12.6. The van der Waals surface area contributed by atoms with Crippen LogP contribution in [0, 0.1) is 0 Å². The van der Waals surface area contributed by atoms with Crippen molar-refractivity contribution < 1.29 is 13.5 Å². The van der Waals surface area contributed by atoms with E-state index < -0.39 is 10.0 Å². The second kappa shape index (κ2) is 6.24. The number of sulfonamides is 1. The van der Waals surface area contributed by atoms with Crippen LogP contribution in [-0.4, -0.2) is 29.9 Å². The summed E-state index contributed by atoms with van der Waals surface area (Å²) in [6.07, 6.45) is 2.95. The minimum atomic E-state index is -3.31. The van der Waals surface area contributed by atoms with Crippen molar-refractivity contribution in [3.63, 3.8) is 0 Å². The molecule has 0 bridgehead atoms. The van der Waals surface area contributed by atoms with Crippen LogP contribution in [0.5, 0.6) is 0 Å². The number of hydrogen-bond acceptors (Lipinski definition) is 3. The number of piperidine rings is 1. The number of nitrogens with zero attached hydrogens (tertiary/aromatic N) is 1. The van der Waals surface area contributed by atoms with Crippen molar-refractivity contribution in [1.82, 2.24) is 4.31 Å². The number of hydrogen-bond donors (Lipinski definition) is 1. The molecule has 1 N–H and O–H groups in total. The van der Waals surface area contributed by atoms with E-state index in [4.69, 9.17) is 5.11 Å². The Hall–Kier alpha value is -0.910. The van der Waals surface area contributed by atoms with E-state index in [0.29, 0.717) is 0 Å². The van der Waals surface area contributed by atoms with Gasteiger partial charge in [0, 0.05) is 12.1 Å². The quantitative estimate of drug-likeness (QED) is 0.927. The van der Waals surface area contributed by atoms with Crippen molar-refractivity contribution in [3.8, 4) is 0 Å². The molecule has 1 heterocycles. The second-order valence-corrected chi connectivity index (χ2v) is 7.57. The summed E-state index contributed by atoms with van der Waals surface area (Å²) in [5.41, 5.74) is 1.49. The smallest absolute Gasteiger partial charge is 0.218 e. The van der Waals surface area contributed by atoms with Gasteiger partial charge in [-0.25, -0.2) is 8.42 Å². The first kappa shape index (κ1) is 15.5. The molecule has 1 aliphatic heterocycles. The molecule has 0 saturated carbocycles. The summed E-state index contributed by atoms with van der Waals surface area (Å²) in [7, 11) is -3.31. The molecule has 20 heavy (non-hydrogen) atoms. The average Bonchev–Trinajstić information content (AvgIpc) is 2.37. The zero-order valence-electron chi connectivity index (χ0n) is 12.1. The monoisotopic (exact) mass is 297 g/mol. The van der Waals surface area contributed by atoms with Crippen LogP contribution in [0.1, 0.15) is 44.2 Å². The first-order valence-corrected chi connectivity index (χ1v) is 8.75. The van der Waals surface area contributed by atoms with Gasteiger partial charge < -0.3 is 5.11 Å². The van der Waals surface area contributed by atoms with Gasteiger partial charge in [-0.05, 0) is 37.8 Å². The number of benzene rings is 1. The lowest BCUT2D eigenvalue weighted by Gasteiger charge is -2.37. The zero-order chi connectivity index (χ0) is 14.8. The highest BCUT2D eigenvalue weighted by atomic mass is 32.2. The standard InChI is InChI=1S/C15H23NO3S/c1-12-5-3-6-13(2)16(12)20(18,19)11-15-8-4-7-14(9-15)10-17/h4,7-9,12-13,17H,3,5-6,10-11H2,1-2H3/t12-,13+. The van der Waals surface area contributed by atoms with Gasteiger partial charge in [0.15, 0.2) is 0 Å². The van der Waals surface area contributed by atoms with Gasteiger partial charge in [-0.1, -0.05) is 30.7 Å². The summed E-state index contributed by atoms with van der Waals surface area (Å²) in [5, 5.41) is 9.13. The van der Waals surface area contributed by atoms with Crippen molar-refractivity contribution in [1.29, 1.82) is 0 Å². The maximum atomic E-state index is 12.6. The van der Waals surface area contributed by atoms with Gasteiger partial charge >= 0.3 is 0 Å². The Morgan fingerprint density at radius 2 is 1.80 bits per heavy atom. The van der Waals surface area contributed by atoms with E-state index in [1.807, 2.05) is 13.8 Å². The largest absolute Gasteiger partial charge is 0.392 e. The molecule has 0 aliphatic carbocycles. The summed E-state index contributed by atoms with van der Waals surface area (Å²) >= 11 is 0. The number of rotatable bonds is 4. The first-order valence-electron chi connectivity index (χ1n) is 7.14. The molecule has 1 fully saturated rings. The Morgan fingerprint density at radius 1 is 1.20 bits per heavy atom. The first-order chi connectivity index (χ1) is 9.44. The molecule has 0 aromatic heterocycles. The molecule has 1 saturated heterocycles. The van der Waals surface area contributed by atoms with Gasteiger partial charge in [-0.2, -0.15) is 4.31 Å². The van der Waals surface area contributed by atoms with Crippen LogP contribution < -0.4 is 0 Å². The van der Waals surface area contributed by atoms with Crippen molar-refractivity contribution in [2.45, 2.75) is 57.6 Å². The number of aliphatic hydroxyl groups is 1. The molecular weight excluding hydrogens is 274 g/mol. The lowest BCUT2D eigenvalue weighted by molar-refractivity contribution is 0.204. The van der Waals surface area contributed by atoms with Crippen LogP contribution in [0.2, 0.25) is 0 Å². The van der Waals surface area contributed by atoms with Crippen molar-refractivity contribution in [2.24, 2.45) is 0 Å². The van der Waals surface area contributed by atoms with Gasteiger partial charge in [0.1, 0.15) is 0 Å². The predicted octanol–water partition coefficient (Wildman–Crippen LogP) is 2.27. The van der Waals surface area contributed by atoms with Crippen molar-refractivity contribution >= 4 is 10.0 Å². The SMILES string of the molecule is C[C@@H]1CCC[C@H](C)N1S(=O)(=O)Cc1cccc(CO)c1. The second-order valence-electron chi connectivity index (χ2n) is 5.69. The van der Waals surface area contributed by atoms with Gasteiger partial charge in [0.05, 0.1) is 12.4 Å². The van der Waals surface area contributed by atoms with E-state index in [1.54, 1.807) is 28.6 Å². The Kier molecular flexibility index (Phi) is 4.83. The molecular formula is C15H23NO3S. The van der Waals surface area contributed by atoms with Crippen LogP contribution in [0.25, 0.3) is 0 Å². The summed E-state index contributed by atoms with van der Waals surface area (Å²) in [6, 6.07) is 7.30. The lowest BCUT2D eigenvalue weighted by atomic mass is 10.0. The van der Waals surface area contributed by atoms with E-state index in [9.17, 15) is 8.42 Å². The molecule has 112 valence electrons. The fraction of sp³-hybridized carbons (Fsp3) is 0.600. The van der Waals surface area contributed by atoms with E-state index >= 15 is 0 Å². The van der Waals surface area contributed by atoms with Crippen molar-refractivity contribution in [2.75, 3.05) is 0 Å². The van der Waals surface area contributed by atoms with E-state index in [-0.39, 0.29) is 24.4 Å². The fourth-order valence-electron chi connectivity index (χ4n) is 3.05. The minimum Gasteiger partial charge on any atom is -0.392 e. The highest BCUT2D eigenvalue weighted by Crippen LogP contribution is 2.27. The van der Waals surface area contributed by atoms with Crippen LogP contribution >= 0.6 is 0 Å². The summed E-state index contributed by atoms with van der Waals surface area (Å²) in [6.45, 7) is 3.90. The van der Waals surface area contributed by atoms with Crippen LogP contribution in [0.4, 0.5) is 0 Å². The maximum Gasteiger partial charge on any atom is 0.218 e. The molecule has 2 atom stereocenters. The average molecular weight is 297 g/mol. The summed E-state index contributed by atoms with van der Waals surface area (Å²) in [4.78, 5) is 0. The third-order valence-corrected chi connectivity index (χ3v) is 6.02. The molecule has 1 aromatic carbocycles. The van der Waals surface area contributed by atoms with E-state index in [0.717, 1.165) is 30.4 Å². The molecule has 0 unspecified atom stereocenters. The lowest BCUT2D eigenvalue weighted by Crippen LogP contribution is -2.47. The molecule has 0 amide bonds. The zero-order valence-corrected chi connectivity index (χ0v) is 12.9. The van der Waals surface area contributed by atoms with Crippen LogP contribution in [0.15, 0.2) is 24.3 Å². The number of aliphatic hydroxyl groups excluding tert-OH is 1.